The van der Waals surface area contributed by atoms with Gasteiger partial charge in [0.25, 0.3) is 0 Å². The van der Waals surface area contributed by atoms with Crippen molar-refractivity contribution in [1.29, 1.82) is 0 Å². The SMILES string of the molecule is Cc1cn2c(C)c(C)nc2c(C)n1.Cc1cn2c(C)nnc2c(C)n1.Cc1cn2nc(C)nc2c(C)n1.Cc1nc(C)c2nc(C)c(C)n2n1.Cc1nc(C)c2nnc(C)n2n1. The summed E-state index contributed by atoms with van der Waals surface area (Å²) in [6.45, 7) is 33.2. The number of aromatic nitrogens is 20. The molecule has 10 rings (SSSR count). The first-order valence-electron chi connectivity index (χ1n) is 20.0. The highest BCUT2D eigenvalue weighted by Crippen LogP contribution is 2.14. The van der Waals surface area contributed by atoms with Gasteiger partial charge in [-0.15, -0.1) is 25.5 Å². The van der Waals surface area contributed by atoms with Crippen molar-refractivity contribution in [2.75, 3.05) is 0 Å². The van der Waals surface area contributed by atoms with Crippen LogP contribution in [-0.2, 0) is 0 Å². The lowest BCUT2D eigenvalue weighted by Crippen LogP contribution is -2.01. The number of rotatable bonds is 0. The molecule has 0 fully saturated rings. The Kier molecular flexibility index (Phi) is 12.7. The molecule has 0 aromatic carbocycles. The number of fused-ring (bicyclic) bond motifs is 5. The highest BCUT2D eigenvalue weighted by molar-refractivity contribution is 5.48. The Morgan fingerprint density at radius 3 is 1.40 bits per heavy atom. The molecule has 20 nitrogen and oxygen atoms in total. The number of aryl methyl sites for hydroxylation is 17. The summed E-state index contributed by atoms with van der Waals surface area (Å²) in [5, 5.41) is 28.5. The van der Waals surface area contributed by atoms with Gasteiger partial charge in [0.05, 0.1) is 68.8 Å². The molecule has 0 aliphatic carbocycles. The van der Waals surface area contributed by atoms with Crippen molar-refractivity contribution >= 4 is 28.2 Å². The van der Waals surface area contributed by atoms with Gasteiger partial charge in [-0.05, 0) is 118 Å². The van der Waals surface area contributed by atoms with Crippen LogP contribution in [0.2, 0.25) is 0 Å². The summed E-state index contributed by atoms with van der Waals surface area (Å²) < 4.78 is 9.39. The number of hydrogen-bond acceptors (Lipinski definition) is 15. The monoisotopic (exact) mass is 838 g/mol. The van der Waals surface area contributed by atoms with Crippen LogP contribution < -0.4 is 0 Å². The average molecular weight is 839 g/mol. The fourth-order valence-electron chi connectivity index (χ4n) is 6.74. The molecule has 0 radical (unpaired) electrons. The number of nitrogens with zero attached hydrogens (tertiary/aromatic N) is 20. The predicted octanol–water partition coefficient (Wildman–Crippen LogP) is 5.86. The summed E-state index contributed by atoms with van der Waals surface area (Å²) in [5.41, 5.74) is 16.3. The Morgan fingerprint density at radius 1 is 0.306 bits per heavy atom. The Balaban J connectivity index is 0.000000129. The molecule has 0 aliphatic rings. The van der Waals surface area contributed by atoms with E-state index in [9.17, 15) is 0 Å². The molecule has 0 amide bonds. The molecule has 322 valence electrons. The molecular weight excluding hydrogens is 785 g/mol. The molecule has 62 heavy (non-hydrogen) atoms. The third-order valence-corrected chi connectivity index (χ3v) is 9.84. The molecule has 0 saturated carbocycles. The van der Waals surface area contributed by atoms with Crippen LogP contribution in [0.4, 0.5) is 0 Å². The van der Waals surface area contributed by atoms with E-state index in [2.05, 4.69) is 86.9 Å². The predicted molar refractivity (Wildman–Crippen MR) is 234 cm³/mol. The van der Waals surface area contributed by atoms with Gasteiger partial charge in [-0.25, -0.2) is 34.0 Å². The van der Waals surface area contributed by atoms with E-state index in [-0.39, 0.29) is 0 Å². The van der Waals surface area contributed by atoms with Crippen LogP contribution in [-0.4, -0.2) is 97.9 Å². The maximum atomic E-state index is 4.45. The zero-order chi connectivity index (χ0) is 45.3. The number of hydrogen-bond donors (Lipinski definition) is 0. The van der Waals surface area contributed by atoms with E-state index in [1.807, 2.05) is 138 Å². The summed E-state index contributed by atoms with van der Waals surface area (Å²) in [6, 6.07) is 0. The summed E-state index contributed by atoms with van der Waals surface area (Å²) in [4.78, 5) is 34.5. The van der Waals surface area contributed by atoms with Crippen LogP contribution in [0.15, 0.2) is 18.6 Å². The zero-order valence-corrected chi connectivity index (χ0v) is 38.7. The van der Waals surface area contributed by atoms with Crippen molar-refractivity contribution in [2.45, 2.75) is 118 Å². The molecule has 10 aromatic heterocycles. The van der Waals surface area contributed by atoms with Crippen molar-refractivity contribution in [3.63, 3.8) is 0 Å². The second-order valence-electron chi connectivity index (χ2n) is 15.2. The van der Waals surface area contributed by atoms with Gasteiger partial charge in [0.1, 0.15) is 23.3 Å². The molecule has 0 spiro atoms. The minimum Gasteiger partial charge on any atom is -0.301 e. The fourth-order valence-corrected chi connectivity index (χ4v) is 6.74. The van der Waals surface area contributed by atoms with Gasteiger partial charge in [0, 0.05) is 18.1 Å². The quantitative estimate of drug-likeness (QED) is 0.175. The highest BCUT2D eigenvalue weighted by Gasteiger charge is 2.10. The summed E-state index contributed by atoms with van der Waals surface area (Å²) in [5.74, 6) is 4.00. The summed E-state index contributed by atoms with van der Waals surface area (Å²) in [6.07, 6.45) is 5.84. The minimum atomic E-state index is 0.734. The molecule has 10 aromatic rings. The molecule has 20 heteroatoms. The first kappa shape index (κ1) is 44.3. The normalized spacial score (nSPS) is 11.0. The van der Waals surface area contributed by atoms with Crippen LogP contribution >= 0.6 is 0 Å². The van der Waals surface area contributed by atoms with Gasteiger partial charge < -0.3 is 4.40 Å². The standard InChI is InChI=1S/C10H13N3.C9H12N4.2C8H10N4.C7H9N5/c1-6-5-13-9(4)7(2)12-10(13)8(3)11-6;1-5-7(3)13-9(11-5)6(2)10-8(4)12-13;1-5-4-12-7(3)10-11-8(12)6(2)9-5;1-5-4-12-8(6(2)9-5)10-7(3)11-12;1-4-7-10-9-6(3)12(7)11-5(2)8-4/h5H,1-4H3;1-4H3;2*4H,1-3H3;1-3H3. The van der Waals surface area contributed by atoms with E-state index >= 15 is 0 Å². The topological polar surface area (TPSA) is 215 Å². The maximum absolute atomic E-state index is 4.45. The first-order chi connectivity index (χ1) is 29.2. The van der Waals surface area contributed by atoms with Gasteiger partial charge in [-0.3, -0.25) is 19.4 Å². The van der Waals surface area contributed by atoms with Crippen LogP contribution in [0.1, 0.15) is 97.4 Å². The average Bonchev–Trinajstić information content (AvgIpc) is 3.99. The molecule has 0 atom stereocenters. The molecular formula is C42H54N20. The minimum absolute atomic E-state index is 0.734. The van der Waals surface area contributed by atoms with Crippen molar-refractivity contribution in [1.82, 2.24) is 97.9 Å². The van der Waals surface area contributed by atoms with E-state index in [4.69, 9.17) is 0 Å². The third-order valence-electron chi connectivity index (χ3n) is 9.84. The Labute approximate surface area is 359 Å². The van der Waals surface area contributed by atoms with Crippen LogP contribution in [0.5, 0.6) is 0 Å². The van der Waals surface area contributed by atoms with Crippen molar-refractivity contribution < 1.29 is 0 Å². The lowest BCUT2D eigenvalue weighted by Gasteiger charge is -2.00. The zero-order valence-electron chi connectivity index (χ0n) is 38.7. The van der Waals surface area contributed by atoms with Gasteiger partial charge in [0.2, 0.25) is 0 Å². The van der Waals surface area contributed by atoms with E-state index in [1.165, 1.54) is 5.69 Å². The van der Waals surface area contributed by atoms with E-state index in [0.717, 1.165) is 120 Å². The second-order valence-corrected chi connectivity index (χ2v) is 15.2. The Morgan fingerprint density at radius 2 is 0.758 bits per heavy atom. The van der Waals surface area contributed by atoms with E-state index in [1.54, 1.807) is 9.03 Å². The van der Waals surface area contributed by atoms with Gasteiger partial charge in [0.15, 0.2) is 34.1 Å². The van der Waals surface area contributed by atoms with Gasteiger partial charge >= 0.3 is 0 Å². The molecule has 10 heterocycles. The molecule has 0 N–H and O–H groups in total. The third kappa shape index (κ3) is 9.38. The van der Waals surface area contributed by atoms with Crippen molar-refractivity contribution in [3.8, 4) is 0 Å². The Bertz CT molecular complexity index is 3040. The molecule has 0 saturated heterocycles. The smallest absolute Gasteiger partial charge is 0.199 e. The Hall–Kier alpha value is -7.25. The van der Waals surface area contributed by atoms with E-state index in [0.29, 0.717) is 0 Å². The molecule has 0 bridgehead atoms. The van der Waals surface area contributed by atoms with Gasteiger partial charge in [-0.2, -0.15) is 14.7 Å². The lowest BCUT2D eigenvalue weighted by atomic mass is 10.4. The van der Waals surface area contributed by atoms with Crippen LogP contribution in [0.3, 0.4) is 0 Å². The maximum Gasteiger partial charge on any atom is 0.199 e. The lowest BCUT2D eigenvalue weighted by molar-refractivity contribution is 0.807. The fraction of sp³-hybridized carbons (Fsp3) is 0.405. The van der Waals surface area contributed by atoms with Gasteiger partial charge in [-0.1, -0.05) is 0 Å². The largest absolute Gasteiger partial charge is 0.301 e. The van der Waals surface area contributed by atoms with Crippen molar-refractivity contribution in [2.24, 2.45) is 0 Å². The summed E-state index contributed by atoms with van der Waals surface area (Å²) in [7, 11) is 0. The van der Waals surface area contributed by atoms with E-state index < -0.39 is 0 Å². The van der Waals surface area contributed by atoms with Crippen LogP contribution in [0, 0.1) is 118 Å². The first-order valence-corrected chi connectivity index (χ1v) is 20.0. The summed E-state index contributed by atoms with van der Waals surface area (Å²) >= 11 is 0. The van der Waals surface area contributed by atoms with Crippen LogP contribution in [0.25, 0.3) is 28.2 Å². The number of imidazole rings is 2. The second kappa shape index (κ2) is 17.8. The molecule has 0 unspecified atom stereocenters. The van der Waals surface area contributed by atoms with Crippen molar-refractivity contribution in [3.05, 3.63) is 116 Å². The molecule has 0 aliphatic heterocycles. The highest BCUT2D eigenvalue weighted by atomic mass is 15.4.